The predicted octanol–water partition coefficient (Wildman–Crippen LogP) is 5.14. The van der Waals surface area contributed by atoms with Crippen LogP contribution in [0.15, 0.2) is 76.2 Å². The van der Waals surface area contributed by atoms with E-state index in [0.29, 0.717) is 5.58 Å². The van der Waals surface area contributed by atoms with Gasteiger partial charge in [-0.3, -0.25) is 4.79 Å². The molecule has 1 amide bonds. The van der Waals surface area contributed by atoms with E-state index >= 15 is 0 Å². The van der Waals surface area contributed by atoms with Gasteiger partial charge in [0.15, 0.2) is 5.76 Å². The van der Waals surface area contributed by atoms with Gasteiger partial charge in [0.05, 0.1) is 12.3 Å². The lowest BCUT2D eigenvalue weighted by Gasteiger charge is -2.01. The Hall–Kier alpha value is -4.37. The van der Waals surface area contributed by atoms with Gasteiger partial charge in [0.1, 0.15) is 12.1 Å². The predicted molar refractivity (Wildman–Crippen MR) is 121 cm³/mol. The van der Waals surface area contributed by atoms with E-state index in [1.165, 1.54) is 0 Å². The number of hydrogen-bond acceptors (Lipinski definition) is 4. The van der Waals surface area contributed by atoms with Crippen LogP contribution in [-0.4, -0.2) is 16.7 Å². The van der Waals surface area contributed by atoms with Gasteiger partial charge in [0.2, 0.25) is 0 Å². The average molecular weight is 406 g/mol. The van der Waals surface area contributed by atoms with Crippen LogP contribution in [0.25, 0.3) is 32.6 Å². The molecule has 6 heteroatoms. The molecule has 0 fully saturated rings. The van der Waals surface area contributed by atoms with Gasteiger partial charge >= 0.3 is 5.91 Å². The molecule has 1 N–H and O–H groups in total. The summed E-state index contributed by atoms with van der Waals surface area (Å²) in [7, 11) is 0. The Kier molecular flexibility index (Phi) is 4.49. The van der Waals surface area contributed by atoms with E-state index < -0.39 is 5.91 Å². The van der Waals surface area contributed by atoms with E-state index in [1.54, 1.807) is 12.3 Å². The van der Waals surface area contributed by atoms with E-state index in [-0.39, 0.29) is 12.3 Å². The topological polar surface area (TPSA) is 83.3 Å². The largest absolute Gasteiger partial charge is 0.451 e. The van der Waals surface area contributed by atoms with Crippen LogP contribution >= 0.6 is 0 Å². The lowest BCUT2D eigenvalue weighted by molar-refractivity contribution is 0.0929. The summed E-state index contributed by atoms with van der Waals surface area (Å²) < 4.78 is 7.68. The maximum Gasteiger partial charge on any atom is 0.307 e. The molecule has 0 atom stereocenters. The fraction of sp³-hybridized carbons (Fsp3) is 0.0800. The molecule has 3 aromatic carbocycles. The first kappa shape index (κ1) is 18.6. The van der Waals surface area contributed by atoms with Crippen molar-refractivity contribution in [3.63, 3.8) is 0 Å². The third kappa shape index (κ3) is 3.13. The number of furan rings is 1. The first-order valence-corrected chi connectivity index (χ1v) is 9.87. The molecule has 0 aliphatic rings. The maximum atomic E-state index is 12.6. The molecule has 0 radical (unpaired) electrons. The Morgan fingerprint density at radius 3 is 2.71 bits per heavy atom. The summed E-state index contributed by atoms with van der Waals surface area (Å²) in [6.45, 7) is 2.18. The van der Waals surface area contributed by atoms with Crippen LogP contribution in [0.2, 0.25) is 0 Å². The third-order valence-electron chi connectivity index (χ3n) is 5.52. The number of rotatable bonds is 4. The van der Waals surface area contributed by atoms with Crippen LogP contribution in [0.4, 0.5) is 0 Å². The zero-order chi connectivity index (χ0) is 21.4. The van der Waals surface area contributed by atoms with Crippen molar-refractivity contribution in [2.24, 2.45) is 5.10 Å². The SMILES string of the molecule is Cc1c(/C=N/NC(=O)c2cc3c(ccc4ccccc43)o2)c2ccccc2n1CC#N. The van der Waals surface area contributed by atoms with Crippen molar-refractivity contribution in [1.29, 1.82) is 5.26 Å². The second-order valence-electron chi connectivity index (χ2n) is 7.27. The highest BCUT2D eigenvalue weighted by Crippen LogP contribution is 2.28. The Morgan fingerprint density at radius 2 is 1.87 bits per heavy atom. The van der Waals surface area contributed by atoms with E-state index in [4.69, 9.17) is 9.68 Å². The minimum Gasteiger partial charge on any atom is -0.451 e. The van der Waals surface area contributed by atoms with Crippen molar-refractivity contribution in [2.75, 3.05) is 0 Å². The Morgan fingerprint density at radius 1 is 1.10 bits per heavy atom. The molecule has 150 valence electrons. The van der Waals surface area contributed by atoms with Gasteiger partial charge in [-0.2, -0.15) is 10.4 Å². The molecule has 31 heavy (non-hydrogen) atoms. The van der Waals surface area contributed by atoms with Crippen molar-refractivity contribution in [2.45, 2.75) is 13.5 Å². The number of hydrazone groups is 1. The number of nitriles is 1. The molecule has 0 saturated carbocycles. The molecule has 0 saturated heterocycles. The minimum atomic E-state index is -0.421. The normalized spacial score (nSPS) is 11.5. The van der Waals surface area contributed by atoms with E-state index in [9.17, 15) is 4.79 Å². The van der Waals surface area contributed by atoms with Gasteiger partial charge in [-0.1, -0.05) is 48.5 Å². The first-order chi connectivity index (χ1) is 15.2. The Bertz CT molecular complexity index is 1530. The van der Waals surface area contributed by atoms with Crippen molar-refractivity contribution < 1.29 is 9.21 Å². The molecular weight excluding hydrogens is 388 g/mol. The summed E-state index contributed by atoms with van der Waals surface area (Å²) in [4.78, 5) is 12.6. The summed E-state index contributed by atoms with van der Waals surface area (Å²) in [6, 6.07) is 23.6. The highest BCUT2D eigenvalue weighted by molar-refractivity contribution is 6.08. The summed E-state index contributed by atoms with van der Waals surface area (Å²) >= 11 is 0. The van der Waals surface area contributed by atoms with E-state index in [1.807, 2.05) is 72.2 Å². The zero-order valence-electron chi connectivity index (χ0n) is 16.8. The highest BCUT2D eigenvalue weighted by atomic mass is 16.3. The smallest absolute Gasteiger partial charge is 0.307 e. The maximum absolute atomic E-state index is 12.6. The molecule has 0 spiro atoms. The molecule has 0 unspecified atom stereocenters. The number of nitrogens with zero attached hydrogens (tertiary/aromatic N) is 3. The van der Waals surface area contributed by atoms with E-state index in [2.05, 4.69) is 16.6 Å². The number of para-hydroxylation sites is 1. The summed E-state index contributed by atoms with van der Waals surface area (Å²) in [5, 5.41) is 17.3. The van der Waals surface area contributed by atoms with Gasteiger partial charge in [0.25, 0.3) is 0 Å². The fourth-order valence-corrected chi connectivity index (χ4v) is 4.01. The molecule has 0 aliphatic carbocycles. The number of hydrogen-bond donors (Lipinski definition) is 1. The summed E-state index contributed by atoms with van der Waals surface area (Å²) in [5.74, 6) is -0.220. The van der Waals surface area contributed by atoms with Gasteiger partial charge in [-0.25, -0.2) is 5.43 Å². The van der Waals surface area contributed by atoms with Crippen molar-refractivity contribution in [1.82, 2.24) is 9.99 Å². The lowest BCUT2D eigenvalue weighted by Crippen LogP contribution is -2.16. The standard InChI is InChI=1S/C25H18N4O2/c1-16-21(19-8-4-5-9-22(19)29(16)13-12-26)15-27-28-25(30)24-14-20-18-7-3-2-6-17(18)10-11-23(20)31-24/h2-11,14-15H,13H2,1H3,(H,28,30)/b27-15+. The average Bonchev–Trinajstić information content (AvgIpc) is 3.35. The Balaban J connectivity index is 1.44. The van der Waals surface area contributed by atoms with Crippen LogP contribution in [-0.2, 0) is 6.54 Å². The van der Waals surface area contributed by atoms with Crippen LogP contribution in [0.5, 0.6) is 0 Å². The van der Waals surface area contributed by atoms with Crippen LogP contribution < -0.4 is 5.43 Å². The molecule has 0 aliphatic heterocycles. The first-order valence-electron chi connectivity index (χ1n) is 9.87. The molecule has 2 heterocycles. The molecule has 5 rings (SSSR count). The van der Waals surface area contributed by atoms with Crippen molar-refractivity contribution in [3.8, 4) is 6.07 Å². The number of aromatic nitrogens is 1. The van der Waals surface area contributed by atoms with Gasteiger partial charge in [-0.15, -0.1) is 0 Å². The minimum absolute atomic E-state index is 0.201. The second kappa shape index (κ2) is 7.47. The molecule has 5 aromatic rings. The highest BCUT2D eigenvalue weighted by Gasteiger charge is 2.15. The van der Waals surface area contributed by atoms with Crippen molar-refractivity contribution >= 4 is 44.8 Å². The monoisotopic (exact) mass is 406 g/mol. The number of amides is 1. The number of fused-ring (bicyclic) bond motifs is 4. The number of carbonyl (C=O) groups excluding carboxylic acids is 1. The molecule has 0 bridgehead atoms. The lowest BCUT2D eigenvalue weighted by atomic mass is 10.1. The van der Waals surface area contributed by atoms with E-state index in [0.717, 1.165) is 38.3 Å². The Labute approximate surface area is 178 Å². The second-order valence-corrected chi connectivity index (χ2v) is 7.27. The number of nitrogens with one attached hydrogen (secondary N) is 1. The molecular formula is C25H18N4O2. The molecule has 6 nitrogen and oxygen atoms in total. The number of carbonyl (C=O) groups is 1. The molecule has 2 aromatic heterocycles. The van der Waals surface area contributed by atoms with Gasteiger partial charge < -0.3 is 8.98 Å². The van der Waals surface area contributed by atoms with Crippen molar-refractivity contribution in [3.05, 3.63) is 83.7 Å². The fourth-order valence-electron chi connectivity index (χ4n) is 4.01. The summed E-state index contributed by atoms with van der Waals surface area (Å²) in [5.41, 5.74) is 5.94. The van der Waals surface area contributed by atoms with Gasteiger partial charge in [0, 0.05) is 27.5 Å². The quantitative estimate of drug-likeness (QED) is 0.331. The van der Waals surface area contributed by atoms with Crippen LogP contribution in [0.1, 0.15) is 21.8 Å². The van der Waals surface area contributed by atoms with Crippen LogP contribution in [0.3, 0.4) is 0 Å². The van der Waals surface area contributed by atoms with Gasteiger partial charge in [-0.05, 0) is 35.9 Å². The zero-order valence-corrected chi connectivity index (χ0v) is 16.8. The number of benzene rings is 3. The summed E-state index contributed by atoms with van der Waals surface area (Å²) in [6.07, 6.45) is 1.61. The third-order valence-corrected chi connectivity index (χ3v) is 5.52. The van der Waals surface area contributed by atoms with Crippen LogP contribution in [0, 0.1) is 18.3 Å².